The van der Waals surface area contributed by atoms with E-state index in [0.717, 1.165) is 0 Å². The summed E-state index contributed by atoms with van der Waals surface area (Å²) in [5.41, 5.74) is 0.704. The third-order valence-corrected chi connectivity index (χ3v) is 1.83. The minimum absolute atomic E-state index is 0.201. The second-order valence-electron chi connectivity index (χ2n) is 3.23. The molecule has 0 aliphatic heterocycles. The second-order valence-corrected chi connectivity index (χ2v) is 3.23. The Morgan fingerprint density at radius 2 is 2.31 bits per heavy atom. The van der Waals surface area contributed by atoms with E-state index in [1.165, 1.54) is 0 Å². The lowest BCUT2D eigenvalue weighted by atomic mass is 10.2. The summed E-state index contributed by atoms with van der Waals surface area (Å²) in [6.45, 7) is 3.94. The predicted octanol–water partition coefficient (Wildman–Crippen LogP) is 1.64. The van der Waals surface area contributed by atoms with E-state index in [-0.39, 0.29) is 11.5 Å². The van der Waals surface area contributed by atoms with Crippen molar-refractivity contribution in [3.63, 3.8) is 0 Å². The molecule has 0 atom stereocenters. The first-order chi connectivity index (χ1) is 6.18. The van der Waals surface area contributed by atoms with Crippen LogP contribution in [0.5, 0.6) is 0 Å². The monoisotopic (exact) mass is 178 g/mol. The fourth-order valence-electron chi connectivity index (χ4n) is 1.13. The molecular formula is C9H10N2O2. The number of hydrogen-bond donors (Lipinski definition) is 1. The highest BCUT2D eigenvalue weighted by Gasteiger charge is 2.10. The van der Waals surface area contributed by atoms with Gasteiger partial charge in [-0.1, -0.05) is 13.8 Å². The second kappa shape index (κ2) is 2.73. The summed E-state index contributed by atoms with van der Waals surface area (Å²) in [6.07, 6.45) is 1.57. The van der Waals surface area contributed by atoms with Crippen molar-refractivity contribution in [2.75, 3.05) is 0 Å². The highest BCUT2D eigenvalue weighted by Crippen LogP contribution is 2.17. The van der Waals surface area contributed by atoms with Crippen molar-refractivity contribution in [3.05, 3.63) is 28.5 Å². The molecule has 1 N–H and O–H groups in total. The summed E-state index contributed by atoms with van der Waals surface area (Å²) >= 11 is 0. The van der Waals surface area contributed by atoms with Crippen molar-refractivity contribution in [1.29, 1.82) is 0 Å². The summed E-state index contributed by atoms with van der Waals surface area (Å²) in [5.74, 6) is 0.804. The number of hydrogen-bond acceptors (Lipinski definition) is 3. The van der Waals surface area contributed by atoms with Crippen molar-refractivity contribution in [2.24, 2.45) is 0 Å². The standard InChI is InChI=1S/C9H10N2O2/c1-5(2)9-11-6-3-4-10-8(12)7(6)13-9/h3-5H,1-2H3,(H,10,12). The number of nitrogens with zero attached hydrogens (tertiary/aromatic N) is 1. The Balaban J connectivity index is 2.76. The first-order valence-electron chi connectivity index (χ1n) is 4.16. The molecule has 0 bridgehead atoms. The fraction of sp³-hybridized carbons (Fsp3) is 0.333. The summed E-state index contributed by atoms with van der Waals surface area (Å²) < 4.78 is 5.31. The number of aromatic amines is 1. The molecule has 2 heterocycles. The molecule has 2 aromatic heterocycles. The van der Waals surface area contributed by atoms with Crippen molar-refractivity contribution in [1.82, 2.24) is 9.97 Å². The Morgan fingerprint density at radius 1 is 1.54 bits per heavy atom. The molecular weight excluding hydrogens is 168 g/mol. The molecule has 13 heavy (non-hydrogen) atoms. The Labute approximate surface area is 74.6 Å². The molecule has 0 aromatic carbocycles. The smallest absolute Gasteiger partial charge is 0.293 e. The number of oxazole rings is 1. The number of nitrogens with one attached hydrogen (secondary N) is 1. The maximum atomic E-state index is 11.2. The van der Waals surface area contributed by atoms with Gasteiger partial charge in [0, 0.05) is 12.1 Å². The molecule has 4 nitrogen and oxygen atoms in total. The molecule has 0 saturated carbocycles. The van der Waals surface area contributed by atoms with E-state index in [2.05, 4.69) is 9.97 Å². The summed E-state index contributed by atoms with van der Waals surface area (Å²) in [4.78, 5) is 17.9. The van der Waals surface area contributed by atoms with Gasteiger partial charge in [-0.25, -0.2) is 4.98 Å². The van der Waals surface area contributed by atoms with Gasteiger partial charge >= 0.3 is 0 Å². The van der Waals surface area contributed by atoms with Gasteiger partial charge in [0.15, 0.2) is 5.89 Å². The predicted molar refractivity (Wildman–Crippen MR) is 48.7 cm³/mol. The van der Waals surface area contributed by atoms with E-state index in [9.17, 15) is 4.79 Å². The normalized spacial score (nSPS) is 11.3. The van der Waals surface area contributed by atoms with Crippen molar-refractivity contribution >= 4 is 11.1 Å². The third-order valence-electron chi connectivity index (χ3n) is 1.83. The molecule has 2 rings (SSSR count). The van der Waals surface area contributed by atoms with Crippen LogP contribution in [-0.2, 0) is 0 Å². The summed E-state index contributed by atoms with van der Waals surface area (Å²) in [5, 5.41) is 0. The van der Waals surface area contributed by atoms with E-state index in [4.69, 9.17) is 4.42 Å². The first kappa shape index (κ1) is 8.04. The lowest BCUT2D eigenvalue weighted by Crippen LogP contribution is -2.02. The minimum atomic E-state index is -0.225. The molecule has 0 saturated heterocycles. The maximum Gasteiger partial charge on any atom is 0.293 e. The highest BCUT2D eigenvalue weighted by atomic mass is 16.4. The van der Waals surface area contributed by atoms with Gasteiger partial charge in [0.25, 0.3) is 5.56 Å². The van der Waals surface area contributed by atoms with E-state index >= 15 is 0 Å². The van der Waals surface area contributed by atoms with Gasteiger partial charge < -0.3 is 9.40 Å². The molecule has 0 aliphatic carbocycles. The van der Waals surface area contributed by atoms with Crippen LogP contribution in [0.25, 0.3) is 11.1 Å². The molecule has 0 radical (unpaired) electrons. The van der Waals surface area contributed by atoms with Gasteiger partial charge in [-0.2, -0.15) is 0 Å². The SMILES string of the molecule is CC(C)c1nc2cc[nH]c(=O)c2o1. The summed E-state index contributed by atoms with van der Waals surface area (Å²) in [7, 11) is 0. The zero-order chi connectivity index (χ0) is 9.42. The summed E-state index contributed by atoms with van der Waals surface area (Å²) in [6, 6.07) is 1.73. The van der Waals surface area contributed by atoms with Crippen LogP contribution in [0.2, 0.25) is 0 Å². The van der Waals surface area contributed by atoms with Crippen LogP contribution in [-0.4, -0.2) is 9.97 Å². The lowest BCUT2D eigenvalue weighted by molar-refractivity contribution is 0.499. The molecule has 0 amide bonds. The average Bonchev–Trinajstić information content (AvgIpc) is 2.49. The maximum absolute atomic E-state index is 11.2. The Bertz CT molecular complexity index is 482. The molecule has 0 fully saturated rings. The van der Waals surface area contributed by atoms with E-state index < -0.39 is 0 Å². The van der Waals surface area contributed by atoms with Crippen LogP contribution in [0.1, 0.15) is 25.7 Å². The quantitative estimate of drug-likeness (QED) is 0.722. The minimum Gasteiger partial charge on any atom is -0.435 e. The van der Waals surface area contributed by atoms with Gasteiger partial charge in [-0.05, 0) is 6.07 Å². The zero-order valence-electron chi connectivity index (χ0n) is 7.50. The first-order valence-corrected chi connectivity index (χ1v) is 4.16. The number of fused-ring (bicyclic) bond motifs is 1. The van der Waals surface area contributed by atoms with E-state index in [1.54, 1.807) is 12.3 Å². The van der Waals surface area contributed by atoms with Crippen LogP contribution in [0.15, 0.2) is 21.5 Å². The van der Waals surface area contributed by atoms with Crippen LogP contribution in [0, 0.1) is 0 Å². The van der Waals surface area contributed by atoms with Crippen molar-refractivity contribution in [2.45, 2.75) is 19.8 Å². The van der Waals surface area contributed by atoms with Gasteiger partial charge in [0.05, 0.1) is 0 Å². The van der Waals surface area contributed by atoms with Crippen LogP contribution in [0.3, 0.4) is 0 Å². The average molecular weight is 178 g/mol. The molecule has 0 unspecified atom stereocenters. The number of rotatable bonds is 1. The molecule has 0 spiro atoms. The van der Waals surface area contributed by atoms with Gasteiger partial charge in [-0.15, -0.1) is 0 Å². The van der Waals surface area contributed by atoms with Crippen LogP contribution in [0.4, 0.5) is 0 Å². The highest BCUT2D eigenvalue weighted by molar-refractivity contribution is 5.70. The van der Waals surface area contributed by atoms with E-state index in [1.807, 2.05) is 13.8 Å². The Morgan fingerprint density at radius 3 is 2.92 bits per heavy atom. The van der Waals surface area contributed by atoms with Crippen LogP contribution < -0.4 is 5.56 Å². The Hall–Kier alpha value is -1.58. The van der Waals surface area contributed by atoms with Gasteiger partial charge in [0.2, 0.25) is 5.58 Å². The Kier molecular flexibility index (Phi) is 1.69. The molecule has 0 aliphatic rings. The molecule has 2 aromatic rings. The number of pyridine rings is 1. The number of H-pyrrole nitrogens is 1. The van der Waals surface area contributed by atoms with Gasteiger partial charge in [0.1, 0.15) is 5.52 Å². The topological polar surface area (TPSA) is 58.9 Å². The van der Waals surface area contributed by atoms with E-state index in [0.29, 0.717) is 17.0 Å². The third kappa shape index (κ3) is 1.24. The van der Waals surface area contributed by atoms with Crippen molar-refractivity contribution < 1.29 is 4.42 Å². The molecule has 68 valence electrons. The lowest BCUT2D eigenvalue weighted by Gasteiger charge is -1.93. The fourth-order valence-corrected chi connectivity index (χ4v) is 1.13. The van der Waals surface area contributed by atoms with Crippen molar-refractivity contribution in [3.8, 4) is 0 Å². The molecule has 4 heteroatoms. The zero-order valence-corrected chi connectivity index (χ0v) is 7.50. The van der Waals surface area contributed by atoms with Crippen LogP contribution >= 0.6 is 0 Å². The number of aromatic nitrogens is 2. The largest absolute Gasteiger partial charge is 0.435 e. The van der Waals surface area contributed by atoms with Gasteiger partial charge in [-0.3, -0.25) is 4.79 Å².